The number of nitrogens with two attached hydrogens (primary N) is 1. The minimum Gasteiger partial charge on any atom is -0.323 e. The second kappa shape index (κ2) is 9.16. The monoisotopic (exact) mass is 367 g/mol. The number of carbonyl (C=O) groups is 1. The second-order valence-corrected chi connectivity index (χ2v) is 7.52. The largest absolute Gasteiger partial charge is 0.323 e. The van der Waals surface area contributed by atoms with E-state index in [-0.39, 0.29) is 30.3 Å². The summed E-state index contributed by atoms with van der Waals surface area (Å²) in [5, 5.41) is 4.85. The minimum absolute atomic E-state index is 0. The Morgan fingerprint density at radius 2 is 1.88 bits per heavy atom. The van der Waals surface area contributed by atoms with Crippen molar-refractivity contribution in [2.45, 2.75) is 40.2 Å². The van der Waals surface area contributed by atoms with E-state index in [2.05, 4.69) is 24.1 Å². The summed E-state index contributed by atoms with van der Waals surface area (Å²) >= 11 is 1.53. The number of anilines is 1. The number of amides is 1. The average Bonchev–Trinajstić information content (AvgIpc) is 2.85. The highest BCUT2D eigenvalue weighted by Crippen LogP contribution is 2.28. The smallest absolute Gasteiger partial charge is 0.229 e. The van der Waals surface area contributed by atoms with Gasteiger partial charge in [-0.05, 0) is 24.8 Å². The van der Waals surface area contributed by atoms with E-state index >= 15 is 0 Å². The molecule has 1 amide bonds. The molecule has 1 aromatic heterocycles. The number of nitrogens with zero attached hydrogens (tertiary/aromatic N) is 1. The standard InChI is InChI=1S/C18H25N3OS.ClH/c1-11(2)10-15-18(23-13(4)20-15)21-17(22)12(3)16(19)14-8-6-5-7-9-14;/h5-9,11-12,16H,10,19H2,1-4H3,(H,21,22);1H. The van der Waals surface area contributed by atoms with Gasteiger partial charge in [-0.15, -0.1) is 23.7 Å². The first-order chi connectivity index (χ1) is 10.9. The number of carbonyl (C=O) groups excluding carboxylic acids is 1. The van der Waals surface area contributed by atoms with E-state index in [1.54, 1.807) is 0 Å². The van der Waals surface area contributed by atoms with Crippen LogP contribution in [0.25, 0.3) is 0 Å². The van der Waals surface area contributed by atoms with Crippen LogP contribution >= 0.6 is 23.7 Å². The molecule has 0 fully saturated rings. The number of hydrogen-bond acceptors (Lipinski definition) is 4. The number of benzene rings is 1. The quantitative estimate of drug-likeness (QED) is 0.797. The lowest BCUT2D eigenvalue weighted by Gasteiger charge is -2.19. The average molecular weight is 368 g/mol. The third-order valence-corrected chi connectivity index (χ3v) is 4.71. The maximum atomic E-state index is 12.6. The van der Waals surface area contributed by atoms with Gasteiger partial charge in [-0.1, -0.05) is 51.1 Å². The first-order valence-corrected chi connectivity index (χ1v) is 8.77. The molecule has 2 rings (SSSR count). The van der Waals surface area contributed by atoms with Crippen LogP contribution in [-0.4, -0.2) is 10.9 Å². The summed E-state index contributed by atoms with van der Waals surface area (Å²) in [4.78, 5) is 17.1. The molecule has 0 bridgehead atoms. The highest BCUT2D eigenvalue weighted by molar-refractivity contribution is 7.16. The van der Waals surface area contributed by atoms with Crippen LogP contribution in [0.2, 0.25) is 0 Å². The van der Waals surface area contributed by atoms with Crippen LogP contribution in [0.5, 0.6) is 0 Å². The summed E-state index contributed by atoms with van der Waals surface area (Å²) in [6, 6.07) is 9.41. The van der Waals surface area contributed by atoms with Gasteiger partial charge >= 0.3 is 0 Å². The van der Waals surface area contributed by atoms with Crippen LogP contribution in [0, 0.1) is 18.8 Å². The van der Waals surface area contributed by atoms with Gasteiger partial charge in [-0.3, -0.25) is 4.79 Å². The van der Waals surface area contributed by atoms with Crippen molar-refractivity contribution in [3.05, 3.63) is 46.6 Å². The Morgan fingerprint density at radius 3 is 2.46 bits per heavy atom. The molecule has 0 saturated heterocycles. The zero-order valence-corrected chi connectivity index (χ0v) is 16.2. The molecule has 0 saturated carbocycles. The fraction of sp³-hybridized carbons (Fsp3) is 0.444. The summed E-state index contributed by atoms with van der Waals surface area (Å²) in [5.74, 6) is 0.123. The van der Waals surface area contributed by atoms with Crippen molar-refractivity contribution < 1.29 is 4.79 Å². The Kier molecular flexibility index (Phi) is 7.87. The summed E-state index contributed by atoms with van der Waals surface area (Å²) < 4.78 is 0. The molecule has 1 heterocycles. The fourth-order valence-electron chi connectivity index (χ4n) is 2.45. The molecular formula is C18H26ClN3OS. The predicted molar refractivity (Wildman–Crippen MR) is 104 cm³/mol. The Balaban J connectivity index is 0.00000288. The molecule has 4 nitrogen and oxygen atoms in total. The lowest BCUT2D eigenvalue weighted by Crippen LogP contribution is -2.30. The number of halogens is 1. The molecule has 2 atom stereocenters. The molecule has 0 aliphatic heterocycles. The molecule has 0 spiro atoms. The first-order valence-electron chi connectivity index (χ1n) is 7.96. The highest BCUT2D eigenvalue weighted by Gasteiger charge is 2.24. The van der Waals surface area contributed by atoms with Crippen molar-refractivity contribution in [3.63, 3.8) is 0 Å². The van der Waals surface area contributed by atoms with Crippen molar-refractivity contribution >= 4 is 34.7 Å². The zero-order chi connectivity index (χ0) is 17.0. The van der Waals surface area contributed by atoms with Crippen LogP contribution in [0.3, 0.4) is 0 Å². The molecule has 0 aliphatic rings. The van der Waals surface area contributed by atoms with Crippen molar-refractivity contribution in [2.24, 2.45) is 17.6 Å². The molecule has 132 valence electrons. The van der Waals surface area contributed by atoms with Gasteiger partial charge in [0, 0.05) is 6.04 Å². The SMILES string of the molecule is Cc1nc(CC(C)C)c(NC(=O)C(C)C(N)c2ccccc2)s1.Cl. The van der Waals surface area contributed by atoms with Crippen molar-refractivity contribution in [1.82, 2.24) is 4.98 Å². The predicted octanol–water partition coefficient (Wildman–Crippen LogP) is 4.35. The molecule has 1 aromatic carbocycles. The van der Waals surface area contributed by atoms with Gasteiger partial charge in [0.15, 0.2) is 0 Å². The van der Waals surface area contributed by atoms with Crippen LogP contribution in [0.1, 0.15) is 43.1 Å². The van der Waals surface area contributed by atoms with Gasteiger partial charge in [0.25, 0.3) is 0 Å². The van der Waals surface area contributed by atoms with Gasteiger partial charge < -0.3 is 11.1 Å². The molecule has 0 aliphatic carbocycles. The minimum atomic E-state index is -0.321. The van der Waals surface area contributed by atoms with Crippen LogP contribution < -0.4 is 11.1 Å². The summed E-state index contributed by atoms with van der Waals surface area (Å²) in [6.45, 7) is 8.12. The number of nitrogens with one attached hydrogen (secondary N) is 1. The van der Waals surface area contributed by atoms with Crippen molar-refractivity contribution in [3.8, 4) is 0 Å². The summed E-state index contributed by atoms with van der Waals surface area (Å²) in [7, 11) is 0. The number of rotatable bonds is 6. The summed E-state index contributed by atoms with van der Waals surface area (Å²) in [5.41, 5.74) is 8.18. The Morgan fingerprint density at radius 1 is 1.25 bits per heavy atom. The zero-order valence-electron chi connectivity index (χ0n) is 14.6. The lowest BCUT2D eigenvalue weighted by molar-refractivity contribution is -0.120. The highest BCUT2D eigenvalue weighted by atomic mass is 35.5. The van der Waals surface area contributed by atoms with Gasteiger partial charge in [-0.2, -0.15) is 0 Å². The molecule has 6 heteroatoms. The second-order valence-electron chi connectivity index (χ2n) is 6.32. The summed E-state index contributed by atoms with van der Waals surface area (Å²) in [6.07, 6.45) is 0.860. The normalized spacial score (nSPS) is 13.2. The topological polar surface area (TPSA) is 68.0 Å². The maximum absolute atomic E-state index is 12.6. The van der Waals surface area contributed by atoms with Crippen LogP contribution in [0.4, 0.5) is 5.00 Å². The van der Waals surface area contributed by atoms with Gasteiger partial charge in [-0.25, -0.2) is 4.98 Å². The number of aryl methyl sites for hydroxylation is 1. The first kappa shape index (κ1) is 20.6. The Labute approximate surface area is 154 Å². The lowest BCUT2D eigenvalue weighted by atomic mass is 9.95. The molecular weight excluding hydrogens is 342 g/mol. The number of aromatic nitrogens is 1. The van der Waals surface area contributed by atoms with Crippen molar-refractivity contribution in [1.29, 1.82) is 0 Å². The Bertz CT molecular complexity index is 658. The molecule has 2 aromatic rings. The molecule has 3 N–H and O–H groups in total. The van der Waals surface area contributed by atoms with Crippen molar-refractivity contribution in [2.75, 3.05) is 5.32 Å². The maximum Gasteiger partial charge on any atom is 0.229 e. The fourth-order valence-corrected chi connectivity index (χ4v) is 3.30. The van der Waals surface area contributed by atoms with E-state index in [9.17, 15) is 4.79 Å². The van der Waals surface area contributed by atoms with Crippen LogP contribution in [-0.2, 0) is 11.2 Å². The van der Waals surface area contributed by atoms with E-state index in [0.717, 1.165) is 27.7 Å². The van der Waals surface area contributed by atoms with Gasteiger partial charge in [0.05, 0.1) is 16.6 Å². The third kappa shape index (κ3) is 5.30. The number of thiazole rings is 1. The van der Waals surface area contributed by atoms with Gasteiger partial charge in [0.2, 0.25) is 5.91 Å². The molecule has 24 heavy (non-hydrogen) atoms. The van der Waals surface area contributed by atoms with E-state index in [4.69, 9.17) is 5.73 Å². The molecule has 2 unspecified atom stereocenters. The van der Waals surface area contributed by atoms with E-state index in [1.807, 2.05) is 44.2 Å². The molecule has 0 radical (unpaired) electrons. The van der Waals surface area contributed by atoms with Crippen LogP contribution in [0.15, 0.2) is 30.3 Å². The van der Waals surface area contributed by atoms with Gasteiger partial charge in [0.1, 0.15) is 5.00 Å². The Hall–Kier alpha value is -1.43. The van der Waals surface area contributed by atoms with E-state index in [1.165, 1.54) is 11.3 Å². The third-order valence-electron chi connectivity index (χ3n) is 3.78. The van der Waals surface area contributed by atoms with E-state index in [0.29, 0.717) is 5.92 Å². The number of hydrogen-bond donors (Lipinski definition) is 2. The van der Waals surface area contributed by atoms with E-state index < -0.39 is 0 Å².